The van der Waals surface area contributed by atoms with E-state index < -0.39 is 24.2 Å². The summed E-state index contributed by atoms with van der Waals surface area (Å²) in [5.41, 5.74) is 0.00588. The molecule has 0 bridgehead atoms. The third-order valence-electron chi connectivity index (χ3n) is 6.53. The number of fused-ring (bicyclic) bond motifs is 1. The number of carbonyl (C=O) groups is 2. The second-order valence-electron chi connectivity index (χ2n) is 8.62. The molecule has 4 rings (SSSR count). The van der Waals surface area contributed by atoms with Crippen LogP contribution in [0.4, 0.5) is 19.0 Å². The van der Waals surface area contributed by atoms with Crippen LogP contribution in [-0.4, -0.2) is 58.5 Å². The lowest BCUT2D eigenvalue weighted by Gasteiger charge is -2.41. The molecule has 0 aromatic carbocycles. The average molecular weight is 428 g/mol. The van der Waals surface area contributed by atoms with E-state index in [4.69, 9.17) is 4.74 Å². The normalized spacial score (nSPS) is 31.0. The zero-order valence-electron chi connectivity index (χ0n) is 17.1. The topological polar surface area (TPSA) is 76.5 Å². The van der Waals surface area contributed by atoms with Gasteiger partial charge >= 0.3 is 12.1 Å². The maximum Gasteiger partial charge on any atom is 0.410 e. The van der Waals surface area contributed by atoms with Crippen molar-refractivity contribution in [2.45, 2.75) is 57.8 Å². The summed E-state index contributed by atoms with van der Waals surface area (Å²) < 4.78 is 47.3. The molecule has 0 unspecified atom stereocenters. The van der Waals surface area contributed by atoms with E-state index >= 15 is 0 Å². The van der Waals surface area contributed by atoms with Gasteiger partial charge < -0.3 is 15.0 Å². The number of halogens is 3. The second kappa shape index (κ2) is 7.77. The minimum absolute atomic E-state index is 0.00588. The fraction of sp³-hybridized carbons (Fsp3) is 0.750. The number of piperidine rings is 1. The van der Waals surface area contributed by atoms with Crippen LogP contribution in [0.5, 0.6) is 0 Å². The molecule has 1 amide bonds. The molecule has 3 aliphatic rings. The van der Waals surface area contributed by atoms with Gasteiger partial charge in [-0.05, 0) is 44.4 Å². The lowest BCUT2D eigenvalue weighted by molar-refractivity contribution is -0.175. The van der Waals surface area contributed by atoms with Crippen molar-refractivity contribution in [3.63, 3.8) is 0 Å². The average Bonchev–Trinajstić information content (AvgIpc) is 3.28. The molecule has 1 aromatic rings. The number of nitrogens with one attached hydrogen (secondary N) is 1. The number of hydrogen-bond acceptors (Lipinski definition) is 5. The Kier molecular flexibility index (Phi) is 5.44. The Labute approximate surface area is 172 Å². The monoisotopic (exact) mass is 428 g/mol. The Bertz CT molecular complexity index is 825. The van der Waals surface area contributed by atoms with Crippen LogP contribution in [0.25, 0.3) is 0 Å². The van der Waals surface area contributed by atoms with Crippen LogP contribution >= 0.6 is 0 Å². The van der Waals surface area contributed by atoms with Crippen molar-refractivity contribution in [1.29, 1.82) is 0 Å². The Morgan fingerprint density at radius 1 is 1.33 bits per heavy atom. The number of esters is 1. The van der Waals surface area contributed by atoms with Crippen molar-refractivity contribution >= 4 is 17.7 Å². The number of hydrogen-bond donors (Lipinski definition) is 1. The summed E-state index contributed by atoms with van der Waals surface area (Å²) in [6.45, 7) is 4.89. The predicted molar refractivity (Wildman–Crippen MR) is 102 cm³/mol. The minimum atomic E-state index is -4.50. The first-order valence-corrected chi connectivity index (χ1v) is 10.6. The molecule has 1 saturated heterocycles. The molecule has 0 spiro atoms. The maximum atomic E-state index is 13.8. The summed E-state index contributed by atoms with van der Waals surface area (Å²) in [5.74, 6) is -0.208. The quantitative estimate of drug-likeness (QED) is 0.745. The van der Waals surface area contributed by atoms with Crippen LogP contribution in [0.3, 0.4) is 0 Å². The number of likely N-dealkylation sites (tertiary alicyclic amines) is 1. The van der Waals surface area contributed by atoms with Gasteiger partial charge in [-0.15, -0.1) is 0 Å². The molecule has 0 radical (unpaired) electrons. The van der Waals surface area contributed by atoms with E-state index in [9.17, 15) is 22.8 Å². The molecule has 2 aliphatic heterocycles. The van der Waals surface area contributed by atoms with Gasteiger partial charge in [-0.2, -0.15) is 18.3 Å². The lowest BCUT2D eigenvalue weighted by Crippen LogP contribution is -2.49. The van der Waals surface area contributed by atoms with Crippen molar-refractivity contribution in [2.75, 3.05) is 25.0 Å². The fourth-order valence-electron chi connectivity index (χ4n) is 4.70. The van der Waals surface area contributed by atoms with Gasteiger partial charge in [0.2, 0.25) is 5.91 Å². The highest BCUT2D eigenvalue weighted by atomic mass is 19.4. The largest absolute Gasteiger partial charge is 0.462 e. The van der Waals surface area contributed by atoms with Crippen molar-refractivity contribution < 1.29 is 27.5 Å². The Morgan fingerprint density at radius 3 is 2.70 bits per heavy atom. The van der Waals surface area contributed by atoms with Crippen LogP contribution in [0.2, 0.25) is 0 Å². The molecular formula is C20H27F3N4O3. The number of nitrogens with zero attached hydrogens (tertiary/aromatic N) is 3. The lowest BCUT2D eigenvalue weighted by atomic mass is 9.85. The zero-order valence-corrected chi connectivity index (χ0v) is 17.1. The highest BCUT2D eigenvalue weighted by molar-refractivity contribution is 5.94. The molecule has 1 aromatic heterocycles. The molecule has 10 heteroatoms. The van der Waals surface area contributed by atoms with Gasteiger partial charge in [-0.25, -0.2) is 9.48 Å². The van der Waals surface area contributed by atoms with Gasteiger partial charge in [0.15, 0.2) is 6.04 Å². The molecule has 3 heterocycles. The number of alkyl halides is 3. The van der Waals surface area contributed by atoms with Gasteiger partial charge in [-0.3, -0.25) is 4.79 Å². The molecule has 2 fully saturated rings. The van der Waals surface area contributed by atoms with Crippen LogP contribution in [0.1, 0.15) is 55.9 Å². The maximum absolute atomic E-state index is 13.8. The highest BCUT2D eigenvalue weighted by Gasteiger charge is 2.49. The molecular weight excluding hydrogens is 401 g/mol. The third-order valence-corrected chi connectivity index (χ3v) is 6.53. The van der Waals surface area contributed by atoms with E-state index in [1.54, 1.807) is 6.92 Å². The molecule has 7 nitrogen and oxygen atoms in total. The van der Waals surface area contributed by atoms with Crippen molar-refractivity contribution in [1.82, 2.24) is 14.7 Å². The first-order valence-electron chi connectivity index (χ1n) is 10.6. The molecule has 166 valence electrons. The smallest absolute Gasteiger partial charge is 0.410 e. The number of aromatic nitrogens is 2. The van der Waals surface area contributed by atoms with Crippen molar-refractivity contribution in [2.24, 2.45) is 17.8 Å². The van der Waals surface area contributed by atoms with E-state index in [1.807, 2.05) is 11.8 Å². The third kappa shape index (κ3) is 3.88. The Balaban J connectivity index is 1.57. The number of anilines is 1. The summed E-state index contributed by atoms with van der Waals surface area (Å²) in [5, 5.41) is 6.97. The minimum Gasteiger partial charge on any atom is -0.462 e. The molecule has 1 aliphatic carbocycles. The first-order chi connectivity index (χ1) is 14.2. The van der Waals surface area contributed by atoms with Gasteiger partial charge in [0, 0.05) is 25.0 Å². The number of ether oxygens (including phenoxy) is 1. The molecule has 30 heavy (non-hydrogen) atoms. The Hall–Kier alpha value is -2.26. The van der Waals surface area contributed by atoms with Gasteiger partial charge in [0.25, 0.3) is 0 Å². The summed E-state index contributed by atoms with van der Waals surface area (Å²) in [6.07, 6.45) is -1.17. The summed E-state index contributed by atoms with van der Waals surface area (Å²) >= 11 is 0. The van der Waals surface area contributed by atoms with Crippen molar-refractivity contribution in [3.8, 4) is 0 Å². The molecule has 5 atom stereocenters. The van der Waals surface area contributed by atoms with Crippen LogP contribution in [0.15, 0.2) is 6.20 Å². The zero-order chi connectivity index (χ0) is 21.6. The summed E-state index contributed by atoms with van der Waals surface area (Å²) in [7, 11) is 0. The Morgan fingerprint density at radius 2 is 2.07 bits per heavy atom. The fourth-order valence-corrected chi connectivity index (χ4v) is 4.70. The van der Waals surface area contributed by atoms with Gasteiger partial charge in [0.1, 0.15) is 11.4 Å². The number of carbonyl (C=O) groups excluding carboxylic acids is 2. The van der Waals surface area contributed by atoms with Crippen LogP contribution < -0.4 is 5.32 Å². The van der Waals surface area contributed by atoms with Crippen LogP contribution in [-0.2, 0) is 9.53 Å². The SMILES string of the molecule is CCOC(=O)c1cnn2c1N[C@H]([C@@H]1CCCN(C(=O)[C@H]3C[C@@H]3C)C1)C[C@@H]2C(F)(F)F. The van der Waals surface area contributed by atoms with Gasteiger partial charge in [-0.1, -0.05) is 6.92 Å². The van der Waals surface area contributed by atoms with Crippen LogP contribution in [0, 0.1) is 17.8 Å². The molecule has 1 saturated carbocycles. The predicted octanol–water partition coefficient (Wildman–Crippen LogP) is 3.24. The standard InChI is InChI=1S/C20H27F3N4O3/c1-3-30-19(29)14-9-24-27-16(20(21,22)23)8-15(25-17(14)27)12-5-4-6-26(10-12)18(28)13-7-11(13)2/h9,11-13,15-16,25H,3-8,10H2,1-2H3/t11-,12+,13-,15-,16+/m0/s1. The van der Waals surface area contributed by atoms with E-state index in [-0.39, 0.29) is 42.2 Å². The number of rotatable bonds is 4. The highest BCUT2D eigenvalue weighted by Crippen LogP contribution is 2.44. The van der Waals surface area contributed by atoms with E-state index in [2.05, 4.69) is 10.4 Å². The molecule has 1 N–H and O–H groups in total. The summed E-state index contributed by atoms with van der Waals surface area (Å²) in [4.78, 5) is 26.7. The van der Waals surface area contributed by atoms with E-state index in [0.29, 0.717) is 19.0 Å². The van der Waals surface area contributed by atoms with Crippen molar-refractivity contribution in [3.05, 3.63) is 11.8 Å². The van der Waals surface area contributed by atoms with Gasteiger partial charge in [0.05, 0.1) is 12.8 Å². The van der Waals surface area contributed by atoms with E-state index in [1.165, 1.54) is 0 Å². The van der Waals surface area contributed by atoms with E-state index in [0.717, 1.165) is 30.1 Å². The summed E-state index contributed by atoms with van der Waals surface area (Å²) in [6, 6.07) is -2.34. The number of amides is 1. The second-order valence-corrected chi connectivity index (χ2v) is 8.62. The first kappa shape index (κ1) is 21.0.